The fourth-order valence-electron chi connectivity index (χ4n) is 2.45. The number of carbonyl (C=O) groups excluding carboxylic acids is 2. The van der Waals surface area contributed by atoms with Crippen molar-refractivity contribution in [1.82, 2.24) is 20.0 Å². The van der Waals surface area contributed by atoms with E-state index in [2.05, 4.69) is 10.4 Å². The number of amides is 2. The second-order valence-electron chi connectivity index (χ2n) is 4.78. The lowest BCUT2D eigenvalue weighted by Crippen LogP contribution is -2.45. The van der Waals surface area contributed by atoms with Crippen molar-refractivity contribution in [2.75, 3.05) is 25.9 Å². The molecule has 0 radical (unpaired) electrons. The number of aromatic nitrogens is 2. The van der Waals surface area contributed by atoms with Crippen LogP contribution in [-0.2, 0) is 11.8 Å². The van der Waals surface area contributed by atoms with Crippen LogP contribution in [0, 0.1) is 5.92 Å². The second kappa shape index (κ2) is 5.29. The van der Waals surface area contributed by atoms with E-state index in [1.54, 1.807) is 19.0 Å². The molecule has 1 saturated heterocycles. The van der Waals surface area contributed by atoms with Gasteiger partial charge in [0.05, 0.1) is 17.8 Å². The molecule has 1 aliphatic rings. The normalized spacial score (nSPS) is 19.3. The molecule has 2 heterocycles. The Bertz CT molecular complexity index is 477. The molecule has 1 atom stereocenters. The molecule has 1 aromatic rings. The van der Waals surface area contributed by atoms with E-state index in [9.17, 15) is 9.59 Å². The van der Waals surface area contributed by atoms with Gasteiger partial charge in [-0.25, -0.2) is 0 Å². The number of anilines is 1. The molecule has 0 aromatic carbocycles. The SMILES string of the molecule is CNC(=O)C1CCCN(C(=O)c2c(N)cnn2C)C1. The average Bonchev–Trinajstić information content (AvgIpc) is 2.76. The van der Waals surface area contributed by atoms with E-state index in [1.165, 1.54) is 10.9 Å². The van der Waals surface area contributed by atoms with Crippen molar-refractivity contribution in [3.05, 3.63) is 11.9 Å². The van der Waals surface area contributed by atoms with Crippen LogP contribution in [0.3, 0.4) is 0 Å². The Hall–Kier alpha value is -2.05. The van der Waals surface area contributed by atoms with Crippen molar-refractivity contribution in [2.24, 2.45) is 13.0 Å². The van der Waals surface area contributed by atoms with Gasteiger partial charge in [-0.3, -0.25) is 14.3 Å². The highest BCUT2D eigenvalue weighted by Gasteiger charge is 2.30. The van der Waals surface area contributed by atoms with Gasteiger partial charge in [0.25, 0.3) is 5.91 Å². The predicted octanol–water partition coefficient (Wildman–Crippen LogP) is -0.399. The third-order valence-corrected chi connectivity index (χ3v) is 3.50. The molecule has 104 valence electrons. The summed E-state index contributed by atoms with van der Waals surface area (Å²) in [6.07, 6.45) is 3.10. The predicted molar refractivity (Wildman–Crippen MR) is 70.3 cm³/mol. The third-order valence-electron chi connectivity index (χ3n) is 3.50. The number of nitrogens with zero attached hydrogens (tertiary/aromatic N) is 3. The Balaban J connectivity index is 2.14. The van der Waals surface area contributed by atoms with Crippen LogP contribution in [0.15, 0.2) is 6.20 Å². The molecule has 3 N–H and O–H groups in total. The smallest absolute Gasteiger partial charge is 0.274 e. The molecule has 1 aromatic heterocycles. The first-order chi connectivity index (χ1) is 9.04. The van der Waals surface area contributed by atoms with Crippen LogP contribution in [0.5, 0.6) is 0 Å². The lowest BCUT2D eigenvalue weighted by Gasteiger charge is -2.31. The zero-order valence-corrected chi connectivity index (χ0v) is 11.2. The molecular weight excluding hydrogens is 246 g/mol. The van der Waals surface area contributed by atoms with Gasteiger partial charge >= 0.3 is 0 Å². The summed E-state index contributed by atoms with van der Waals surface area (Å²) >= 11 is 0. The third kappa shape index (κ3) is 2.54. The Labute approximate surface area is 111 Å². The minimum absolute atomic E-state index is 0.0181. The van der Waals surface area contributed by atoms with E-state index in [1.807, 2.05) is 0 Å². The molecule has 0 aliphatic carbocycles. The van der Waals surface area contributed by atoms with Gasteiger partial charge in [0, 0.05) is 27.2 Å². The fraction of sp³-hybridized carbons (Fsp3) is 0.583. The molecule has 0 spiro atoms. The number of hydrogen-bond donors (Lipinski definition) is 2. The average molecular weight is 265 g/mol. The Kier molecular flexibility index (Phi) is 3.73. The van der Waals surface area contributed by atoms with Gasteiger partial charge in [-0.1, -0.05) is 0 Å². The largest absolute Gasteiger partial charge is 0.396 e. The van der Waals surface area contributed by atoms with Gasteiger partial charge < -0.3 is 16.0 Å². The van der Waals surface area contributed by atoms with Crippen LogP contribution in [-0.4, -0.2) is 46.6 Å². The highest BCUT2D eigenvalue weighted by atomic mass is 16.2. The van der Waals surface area contributed by atoms with Crippen LogP contribution >= 0.6 is 0 Å². The zero-order valence-electron chi connectivity index (χ0n) is 11.2. The van der Waals surface area contributed by atoms with Gasteiger partial charge in [-0.05, 0) is 12.8 Å². The monoisotopic (exact) mass is 265 g/mol. The molecular formula is C12H19N5O2. The van der Waals surface area contributed by atoms with Crippen molar-refractivity contribution in [2.45, 2.75) is 12.8 Å². The van der Waals surface area contributed by atoms with Crippen LogP contribution in [0.2, 0.25) is 0 Å². The number of hydrogen-bond acceptors (Lipinski definition) is 4. The standard InChI is InChI=1S/C12H19N5O2/c1-14-11(18)8-4-3-5-17(7-8)12(19)10-9(13)6-15-16(10)2/h6,8H,3-5,7,13H2,1-2H3,(H,14,18). The number of piperidine rings is 1. The topological polar surface area (TPSA) is 93.2 Å². The first-order valence-corrected chi connectivity index (χ1v) is 6.33. The van der Waals surface area contributed by atoms with Crippen LogP contribution in [0.25, 0.3) is 0 Å². The first kappa shape index (κ1) is 13.4. The van der Waals surface area contributed by atoms with E-state index in [4.69, 9.17) is 5.73 Å². The van der Waals surface area contributed by atoms with Crippen LogP contribution in [0.4, 0.5) is 5.69 Å². The lowest BCUT2D eigenvalue weighted by atomic mass is 9.97. The van der Waals surface area contributed by atoms with Gasteiger partial charge in [0.15, 0.2) is 0 Å². The summed E-state index contributed by atoms with van der Waals surface area (Å²) in [7, 11) is 3.30. The molecule has 0 saturated carbocycles. The maximum Gasteiger partial charge on any atom is 0.274 e. The molecule has 7 heteroatoms. The van der Waals surface area contributed by atoms with Gasteiger partial charge in [-0.15, -0.1) is 0 Å². The maximum absolute atomic E-state index is 12.4. The first-order valence-electron chi connectivity index (χ1n) is 6.33. The van der Waals surface area contributed by atoms with Crippen molar-refractivity contribution >= 4 is 17.5 Å². The quantitative estimate of drug-likeness (QED) is 0.761. The number of nitrogen functional groups attached to an aromatic ring is 1. The Morgan fingerprint density at radius 1 is 1.53 bits per heavy atom. The van der Waals surface area contributed by atoms with Crippen molar-refractivity contribution in [3.8, 4) is 0 Å². The number of likely N-dealkylation sites (tertiary alicyclic amines) is 1. The summed E-state index contributed by atoms with van der Waals surface area (Å²) in [5, 5.41) is 6.60. The summed E-state index contributed by atoms with van der Waals surface area (Å²) in [5.41, 5.74) is 6.52. The Morgan fingerprint density at radius 2 is 2.26 bits per heavy atom. The van der Waals surface area contributed by atoms with Crippen molar-refractivity contribution < 1.29 is 9.59 Å². The minimum Gasteiger partial charge on any atom is -0.396 e. The fourth-order valence-corrected chi connectivity index (χ4v) is 2.45. The molecule has 2 rings (SSSR count). The summed E-state index contributed by atoms with van der Waals surface area (Å²) < 4.78 is 1.47. The van der Waals surface area contributed by atoms with Crippen LogP contribution in [0.1, 0.15) is 23.3 Å². The molecule has 1 fully saturated rings. The van der Waals surface area contributed by atoms with E-state index in [-0.39, 0.29) is 17.7 Å². The number of nitrogens with two attached hydrogens (primary N) is 1. The number of carbonyl (C=O) groups is 2. The van der Waals surface area contributed by atoms with Crippen LogP contribution < -0.4 is 11.1 Å². The number of rotatable bonds is 2. The van der Waals surface area contributed by atoms with Crippen molar-refractivity contribution in [3.63, 3.8) is 0 Å². The molecule has 7 nitrogen and oxygen atoms in total. The van der Waals surface area contributed by atoms with E-state index in [0.717, 1.165) is 12.8 Å². The van der Waals surface area contributed by atoms with Gasteiger partial charge in [0.2, 0.25) is 5.91 Å². The second-order valence-corrected chi connectivity index (χ2v) is 4.78. The molecule has 1 aliphatic heterocycles. The van der Waals surface area contributed by atoms with E-state index in [0.29, 0.717) is 24.5 Å². The molecule has 1 unspecified atom stereocenters. The zero-order chi connectivity index (χ0) is 14.0. The highest BCUT2D eigenvalue weighted by Crippen LogP contribution is 2.20. The molecule has 2 amide bonds. The molecule has 19 heavy (non-hydrogen) atoms. The van der Waals surface area contributed by atoms with E-state index >= 15 is 0 Å². The Morgan fingerprint density at radius 3 is 2.84 bits per heavy atom. The maximum atomic E-state index is 12.4. The van der Waals surface area contributed by atoms with E-state index < -0.39 is 0 Å². The highest BCUT2D eigenvalue weighted by molar-refractivity contribution is 5.97. The summed E-state index contributed by atoms with van der Waals surface area (Å²) in [6.45, 7) is 1.08. The summed E-state index contributed by atoms with van der Waals surface area (Å²) in [4.78, 5) is 25.8. The van der Waals surface area contributed by atoms with Crippen molar-refractivity contribution in [1.29, 1.82) is 0 Å². The van der Waals surface area contributed by atoms with Gasteiger partial charge in [0.1, 0.15) is 5.69 Å². The van der Waals surface area contributed by atoms with Gasteiger partial charge in [-0.2, -0.15) is 5.10 Å². The minimum atomic E-state index is -0.161. The number of aryl methyl sites for hydroxylation is 1. The lowest BCUT2D eigenvalue weighted by molar-refractivity contribution is -0.125. The number of nitrogens with one attached hydrogen (secondary N) is 1. The molecule has 0 bridgehead atoms. The summed E-state index contributed by atoms with van der Waals surface area (Å²) in [5.74, 6) is -0.321. The summed E-state index contributed by atoms with van der Waals surface area (Å²) in [6, 6.07) is 0.